The van der Waals surface area contributed by atoms with Gasteiger partial charge in [-0.25, -0.2) is 4.79 Å². The molecule has 0 heterocycles. The number of hydrogen-bond donors (Lipinski definition) is 10. The number of aliphatic imine (C=N–C) groups is 1. The van der Waals surface area contributed by atoms with Crippen LogP contribution in [0.4, 0.5) is 0 Å². The van der Waals surface area contributed by atoms with Crippen LogP contribution in [0.5, 0.6) is 0 Å². The molecule has 0 aliphatic heterocycles. The molecule has 0 radical (unpaired) electrons. The predicted octanol–water partition coefficient (Wildman–Crippen LogP) is -4.20. The van der Waals surface area contributed by atoms with Crippen molar-refractivity contribution < 1.29 is 34.5 Å². The van der Waals surface area contributed by atoms with Gasteiger partial charge in [0.05, 0.1) is 18.2 Å². The molecule has 6 unspecified atom stereocenters. The summed E-state index contributed by atoms with van der Waals surface area (Å²) in [6, 6.07) is -5.33. The van der Waals surface area contributed by atoms with Crippen molar-refractivity contribution in [3.8, 4) is 0 Å². The van der Waals surface area contributed by atoms with Crippen LogP contribution in [0, 0.1) is 0 Å². The van der Waals surface area contributed by atoms with Gasteiger partial charge in [-0.3, -0.25) is 19.4 Å². The Hall–Kier alpha value is -3.01. The number of unbranched alkanes of at least 4 members (excludes halogenated alkanes) is 1. The third kappa shape index (κ3) is 12.9. The molecule has 0 aliphatic carbocycles. The summed E-state index contributed by atoms with van der Waals surface area (Å²) in [4.78, 5) is 52.9. The van der Waals surface area contributed by atoms with Crippen molar-refractivity contribution in [3.05, 3.63) is 0 Å². The average Bonchev–Trinajstić information content (AvgIpc) is 2.76. The molecule has 15 heteroatoms. The van der Waals surface area contributed by atoms with E-state index >= 15 is 0 Å². The van der Waals surface area contributed by atoms with Crippen LogP contribution in [0.25, 0.3) is 0 Å². The van der Waals surface area contributed by atoms with Gasteiger partial charge in [-0.15, -0.1) is 0 Å². The van der Waals surface area contributed by atoms with Gasteiger partial charge in [0.25, 0.3) is 0 Å². The second-order valence-corrected chi connectivity index (χ2v) is 8.19. The number of aliphatic carboxylic acids is 1. The van der Waals surface area contributed by atoms with E-state index in [9.17, 15) is 34.5 Å². The van der Waals surface area contributed by atoms with E-state index in [4.69, 9.17) is 22.9 Å². The van der Waals surface area contributed by atoms with E-state index in [0.717, 1.165) is 0 Å². The number of nitrogens with two attached hydrogens (primary N) is 4. The lowest BCUT2D eigenvalue weighted by Crippen LogP contribution is -2.61. The SMILES string of the molecule is CC(O)C(NC(=O)C(N)CCCN=C(N)N)C(=O)NC(C(=O)NC(CCCCN)C(=O)O)C(C)O. The van der Waals surface area contributed by atoms with E-state index in [0.29, 0.717) is 25.8 Å². The van der Waals surface area contributed by atoms with Crippen LogP contribution in [0.1, 0.15) is 46.0 Å². The Morgan fingerprint density at radius 3 is 1.80 bits per heavy atom. The van der Waals surface area contributed by atoms with Crippen LogP contribution in [0.3, 0.4) is 0 Å². The van der Waals surface area contributed by atoms with Gasteiger partial charge in [0.1, 0.15) is 18.1 Å². The highest BCUT2D eigenvalue weighted by atomic mass is 16.4. The Bertz CT molecular complexity index is 728. The number of carboxylic acid groups (broad SMARTS) is 1. The second-order valence-electron chi connectivity index (χ2n) is 8.19. The molecular weight excluding hydrogens is 464 g/mol. The summed E-state index contributed by atoms with van der Waals surface area (Å²) in [7, 11) is 0. The first kappa shape index (κ1) is 32.0. The number of aliphatic hydroxyl groups excluding tert-OH is 2. The van der Waals surface area contributed by atoms with Crippen molar-refractivity contribution in [1.82, 2.24) is 16.0 Å². The van der Waals surface area contributed by atoms with Gasteiger partial charge in [0.15, 0.2) is 5.96 Å². The quantitative estimate of drug-likeness (QED) is 0.0514. The maximum atomic E-state index is 12.7. The summed E-state index contributed by atoms with van der Waals surface area (Å²) in [5, 5.41) is 36.2. The number of nitrogens with one attached hydrogen (secondary N) is 3. The molecule has 0 aromatic heterocycles. The Labute approximate surface area is 204 Å². The first-order valence-corrected chi connectivity index (χ1v) is 11.3. The van der Waals surface area contributed by atoms with Crippen LogP contribution >= 0.6 is 0 Å². The highest BCUT2D eigenvalue weighted by molar-refractivity contribution is 5.94. The molecule has 0 aliphatic rings. The number of guanidine groups is 1. The number of nitrogens with zero attached hydrogens (tertiary/aromatic N) is 1. The third-order valence-electron chi connectivity index (χ3n) is 4.99. The van der Waals surface area contributed by atoms with Crippen LogP contribution in [0.2, 0.25) is 0 Å². The fourth-order valence-electron chi connectivity index (χ4n) is 2.98. The number of carboxylic acids is 1. The molecule has 0 aromatic rings. The second kappa shape index (κ2) is 16.6. The standard InChI is InChI=1S/C20H40N8O7/c1-10(29)14(17(32)26-13(19(34)35)7-3-4-8-21)28-18(33)15(11(2)30)27-16(31)12(22)6-5-9-25-20(23)24/h10-15,29-30H,3-9,21-22H2,1-2H3,(H,26,32)(H,27,31)(H,28,33)(H,34,35)(H4,23,24,25). The Balaban J connectivity index is 5.19. The zero-order chi connectivity index (χ0) is 27.1. The van der Waals surface area contributed by atoms with Gasteiger partial charge in [-0.05, 0) is 52.5 Å². The van der Waals surface area contributed by atoms with Crippen molar-refractivity contribution in [3.63, 3.8) is 0 Å². The summed E-state index contributed by atoms with van der Waals surface area (Å²) in [6.45, 7) is 3.07. The van der Waals surface area contributed by atoms with Crippen LogP contribution in [-0.2, 0) is 19.2 Å². The van der Waals surface area contributed by atoms with E-state index in [-0.39, 0.29) is 25.3 Å². The van der Waals surface area contributed by atoms with Crippen molar-refractivity contribution >= 4 is 29.7 Å². The van der Waals surface area contributed by atoms with Crippen LogP contribution in [-0.4, -0.2) is 94.4 Å². The van der Waals surface area contributed by atoms with Gasteiger partial charge < -0.3 is 54.2 Å². The lowest BCUT2D eigenvalue weighted by molar-refractivity contribution is -0.143. The molecule has 0 spiro atoms. The number of carbonyl (C=O) groups excluding carboxylic acids is 3. The Morgan fingerprint density at radius 1 is 0.829 bits per heavy atom. The molecule has 0 fully saturated rings. The highest BCUT2D eigenvalue weighted by Gasteiger charge is 2.34. The van der Waals surface area contributed by atoms with Gasteiger partial charge in [0, 0.05) is 6.54 Å². The van der Waals surface area contributed by atoms with Gasteiger partial charge >= 0.3 is 5.97 Å². The van der Waals surface area contributed by atoms with Crippen molar-refractivity contribution in [2.75, 3.05) is 13.1 Å². The Kier molecular flexibility index (Phi) is 15.2. The van der Waals surface area contributed by atoms with Gasteiger partial charge in [0.2, 0.25) is 17.7 Å². The molecule has 0 bridgehead atoms. The van der Waals surface area contributed by atoms with E-state index in [1.807, 2.05) is 0 Å². The first-order valence-electron chi connectivity index (χ1n) is 11.3. The molecular formula is C20H40N8O7. The average molecular weight is 505 g/mol. The number of rotatable bonds is 17. The maximum Gasteiger partial charge on any atom is 0.326 e. The normalized spacial score (nSPS) is 16.1. The highest BCUT2D eigenvalue weighted by Crippen LogP contribution is 2.05. The van der Waals surface area contributed by atoms with Crippen LogP contribution in [0.15, 0.2) is 4.99 Å². The van der Waals surface area contributed by atoms with Gasteiger partial charge in [-0.1, -0.05) is 0 Å². The van der Waals surface area contributed by atoms with Crippen molar-refractivity contribution in [2.24, 2.45) is 27.9 Å². The minimum atomic E-state index is -1.55. The number of aliphatic hydroxyl groups is 2. The maximum absolute atomic E-state index is 12.7. The molecule has 0 saturated carbocycles. The van der Waals surface area contributed by atoms with Gasteiger partial charge in [-0.2, -0.15) is 0 Å². The molecule has 14 N–H and O–H groups in total. The van der Waals surface area contributed by atoms with Crippen LogP contribution < -0.4 is 38.9 Å². The minimum absolute atomic E-state index is 0.101. The molecule has 0 aromatic carbocycles. The number of carbonyl (C=O) groups is 4. The monoisotopic (exact) mass is 504 g/mol. The summed E-state index contributed by atoms with van der Waals surface area (Å²) in [6.07, 6.45) is -1.11. The number of amides is 3. The fourth-order valence-corrected chi connectivity index (χ4v) is 2.98. The largest absolute Gasteiger partial charge is 0.480 e. The molecule has 0 saturated heterocycles. The molecule has 6 atom stereocenters. The lowest BCUT2D eigenvalue weighted by atomic mass is 10.1. The fraction of sp³-hybridized carbons (Fsp3) is 0.750. The van der Waals surface area contributed by atoms with E-state index in [2.05, 4.69) is 20.9 Å². The third-order valence-corrected chi connectivity index (χ3v) is 4.99. The summed E-state index contributed by atoms with van der Waals surface area (Å²) >= 11 is 0. The zero-order valence-electron chi connectivity index (χ0n) is 20.1. The molecule has 202 valence electrons. The molecule has 3 amide bonds. The topological polar surface area (TPSA) is 282 Å². The first-order chi connectivity index (χ1) is 16.3. The summed E-state index contributed by atoms with van der Waals surface area (Å²) in [5.41, 5.74) is 21.6. The lowest BCUT2D eigenvalue weighted by Gasteiger charge is -2.27. The van der Waals surface area contributed by atoms with Crippen molar-refractivity contribution in [1.29, 1.82) is 0 Å². The minimum Gasteiger partial charge on any atom is -0.480 e. The van der Waals surface area contributed by atoms with Crippen molar-refractivity contribution in [2.45, 2.75) is 82.3 Å². The zero-order valence-corrected chi connectivity index (χ0v) is 20.1. The van der Waals surface area contributed by atoms with E-state index in [1.54, 1.807) is 0 Å². The molecule has 0 rings (SSSR count). The summed E-state index contributed by atoms with van der Waals surface area (Å²) < 4.78 is 0. The molecule has 35 heavy (non-hydrogen) atoms. The summed E-state index contributed by atoms with van der Waals surface area (Å²) in [5.74, 6) is -4.04. The van der Waals surface area contributed by atoms with E-state index < -0.39 is 60.1 Å². The smallest absolute Gasteiger partial charge is 0.326 e. The van der Waals surface area contributed by atoms with E-state index in [1.165, 1.54) is 13.8 Å². The predicted molar refractivity (Wildman–Crippen MR) is 128 cm³/mol. The Morgan fingerprint density at radius 2 is 1.34 bits per heavy atom. The molecule has 15 nitrogen and oxygen atoms in total. The number of hydrogen-bond acceptors (Lipinski definition) is 9.